The minimum absolute atomic E-state index is 0.0331. The van der Waals surface area contributed by atoms with Crippen molar-refractivity contribution in [3.8, 4) is 0 Å². The van der Waals surface area contributed by atoms with E-state index in [1.807, 2.05) is 13.8 Å². The number of carbonyl (C=O) groups is 1. The fourth-order valence-electron chi connectivity index (χ4n) is 5.14. The number of rotatable bonds is 4. The summed E-state index contributed by atoms with van der Waals surface area (Å²) >= 11 is 0. The molecule has 0 saturated heterocycles. The molecule has 4 bridgehead atoms. The number of nitrogens with two attached hydrogens (primary N) is 1. The second-order valence-corrected chi connectivity index (χ2v) is 7.87. The molecule has 19 heavy (non-hydrogen) atoms. The van der Waals surface area contributed by atoms with E-state index in [9.17, 15) is 4.79 Å². The van der Waals surface area contributed by atoms with Gasteiger partial charge in [-0.2, -0.15) is 0 Å². The van der Waals surface area contributed by atoms with E-state index in [1.54, 1.807) is 0 Å². The smallest absolute Gasteiger partial charge is 0.239 e. The lowest BCUT2D eigenvalue weighted by atomic mass is 9.49. The highest BCUT2D eigenvalue weighted by Gasteiger charge is 2.50. The predicted octanol–water partition coefficient (Wildman–Crippen LogP) is 2.45. The molecule has 4 aliphatic rings. The number of amides is 1. The van der Waals surface area contributed by atoms with Crippen LogP contribution in [0.25, 0.3) is 0 Å². The molecule has 3 heteroatoms. The van der Waals surface area contributed by atoms with E-state index in [-0.39, 0.29) is 5.91 Å². The zero-order valence-corrected chi connectivity index (χ0v) is 12.4. The molecule has 3 N–H and O–H groups in total. The van der Waals surface area contributed by atoms with Crippen LogP contribution in [0.15, 0.2) is 0 Å². The van der Waals surface area contributed by atoms with E-state index in [0.29, 0.717) is 11.8 Å². The Morgan fingerprint density at radius 2 is 1.68 bits per heavy atom. The highest BCUT2D eigenvalue weighted by molar-refractivity contribution is 5.85. The number of hydrogen-bond donors (Lipinski definition) is 2. The van der Waals surface area contributed by atoms with Crippen molar-refractivity contribution in [3.05, 3.63) is 0 Å². The molecule has 0 radical (unpaired) electrons. The van der Waals surface area contributed by atoms with Gasteiger partial charge in [0, 0.05) is 6.54 Å². The average Bonchev–Trinajstić information content (AvgIpc) is 2.34. The molecule has 0 aromatic rings. The van der Waals surface area contributed by atoms with Gasteiger partial charge in [-0.05, 0) is 75.0 Å². The maximum atomic E-state index is 12.2. The van der Waals surface area contributed by atoms with Crippen molar-refractivity contribution in [3.63, 3.8) is 0 Å². The van der Waals surface area contributed by atoms with Gasteiger partial charge in [-0.3, -0.25) is 4.79 Å². The normalized spacial score (nSPS) is 43.0. The standard InChI is InChI=1S/C16H28N2O/c1-3-15(2,17)14(19)18-10-16-7-11-4-12(8-16)6-13(5-11)9-16/h11-13H,3-10,17H2,1-2H3,(H,18,19). The quantitative estimate of drug-likeness (QED) is 0.819. The summed E-state index contributed by atoms with van der Waals surface area (Å²) in [6.07, 6.45) is 9.08. The van der Waals surface area contributed by atoms with E-state index >= 15 is 0 Å². The summed E-state index contributed by atoms with van der Waals surface area (Å²) in [5.74, 6) is 2.86. The van der Waals surface area contributed by atoms with Crippen LogP contribution < -0.4 is 11.1 Å². The van der Waals surface area contributed by atoms with Gasteiger partial charge in [0.2, 0.25) is 5.91 Å². The molecule has 108 valence electrons. The maximum absolute atomic E-state index is 12.2. The lowest BCUT2D eigenvalue weighted by Gasteiger charge is -2.57. The third-order valence-electron chi connectivity index (χ3n) is 6.04. The first-order valence-corrected chi connectivity index (χ1v) is 8.00. The molecule has 3 nitrogen and oxygen atoms in total. The Bertz CT molecular complexity index is 340. The van der Waals surface area contributed by atoms with Gasteiger partial charge in [0.1, 0.15) is 0 Å². The van der Waals surface area contributed by atoms with Crippen LogP contribution in [-0.2, 0) is 4.79 Å². The fourth-order valence-corrected chi connectivity index (χ4v) is 5.14. The second kappa shape index (κ2) is 4.47. The molecule has 4 fully saturated rings. The van der Waals surface area contributed by atoms with Crippen LogP contribution in [-0.4, -0.2) is 18.0 Å². The Labute approximate surface area is 116 Å². The van der Waals surface area contributed by atoms with Gasteiger partial charge in [-0.15, -0.1) is 0 Å². The summed E-state index contributed by atoms with van der Waals surface area (Å²) in [5.41, 5.74) is 5.73. The molecule has 0 heterocycles. The van der Waals surface area contributed by atoms with Crippen molar-refractivity contribution in [2.24, 2.45) is 28.9 Å². The van der Waals surface area contributed by atoms with Crippen LogP contribution in [0.2, 0.25) is 0 Å². The minimum atomic E-state index is -0.706. The average molecular weight is 264 g/mol. The van der Waals surface area contributed by atoms with Crippen LogP contribution in [0.4, 0.5) is 0 Å². The molecule has 4 aliphatic carbocycles. The van der Waals surface area contributed by atoms with Crippen LogP contribution >= 0.6 is 0 Å². The van der Waals surface area contributed by atoms with Crippen LogP contribution in [0.3, 0.4) is 0 Å². The first-order valence-electron chi connectivity index (χ1n) is 8.00. The van der Waals surface area contributed by atoms with Gasteiger partial charge < -0.3 is 11.1 Å². The number of carbonyl (C=O) groups excluding carboxylic acids is 1. The first-order chi connectivity index (χ1) is 8.92. The molecule has 1 amide bonds. The van der Waals surface area contributed by atoms with E-state index < -0.39 is 5.54 Å². The van der Waals surface area contributed by atoms with Gasteiger partial charge in [-0.25, -0.2) is 0 Å². The van der Waals surface area contributed by atoms with E-state index in [0.717, 1.165) is 24.3 Å². The zero-order chi connectivity index (χ0) is 13.7. The van der Waals surface area contributed by atoms with Crippen LogP contribution in [0.5, 0.6) is 0 Å². The minimum Gasteiger partial charge on any atom is -0.354 e. The molecular weight excluding hydrogens is 236 g/mol. The number of nitrogens with one attached hydrogen (secondary N) is 1. The SMILES string of the molecule is CCC(C)(N)C(=O)NCC12CC3CC(CC(C3)C1)C2. The van der Waals surface area contributed by atoms with Crippen LogP contribution in [0.1, 0.15) is 58.8 Å². The molecule has 1 atom stereocenters. The summed E-state index contributed by atoms with van der Waals surface area (Å²) in [4.78, 5) is 12.2. The van der Waals surface area contributed by atoms with Crippen molar-refractivity contribution in [1.82, 2.24) is 5.32 Å². The van der Waals surface area contributed by atoms with Crippen molar-refractivity contribution in [1.29, 1.82) is 0 Å². The second-order valence-electron chi connectivity index (χ2n) is 7.87. The molecule has 0 aromatic carbocycles. The van der Waals surface area contributed by atoms with Gasteiger partial charge in [0.05, 0.1) is 5.54 Å². The molecule has 1 unspecified atom stereocenters. The largest absolute Gasteiger partial charge is 0.354 e. The van der Waals surface area contributed by atoms with Crippen molar-refractivity contribution in [2.45, 2.75) is 64.3 Å². The molecular formula is C16H28N2O. The zero-order valence-electron chi connectivity index (χ0n) is 12.4. The Kier molecular flexibility index (Phi) is 3.16. The summed E-state index contributed by atoms with van der Waals surface area (Å²) in [7, 11) is 0. The molecule has 0 spiro atoms. The Morgan fingerprint density at radius 1 is 1.21 bits per heavy atom. The molecule has 0 aromatic heterocycles. The third kappa shape index (κ3) is 2.42. The van der Waals surface area contributed by atoms with E-state index in [1.165, 1.54) is 38.5 Å². The summed E-state index contributed by atoms with van der Waals surface area (Å²) in [5, 5.41) is 3.17. The molecule has 4 rings (SSSR count). The molecule has 0 aliphatic heterocycles. The maximum Gasteiger partial charge on any atom is 0.239 e. The van der Waals surface area contributed by atoms with Crippen molar-refractivity contribution < 1.29 is 4.79 Å². The van der Waals surface area contributed by atoms with Crippen LogP contribution in [0, 0.1) is 23.2 Å². The summed E-state index contributed by atoms with van der Waals surface area (Å²) in [6.45, 7) is 4.68. The van der Waals surface area contributed by atoms with Gasteiger partial charge in [0.25, 0.3) is 0 Å². The van der Waals surface area contributed by atoms with Gasteiger partial charge in [-0.1, -0.05) is 6.92 Å². The van der Waals surface area contributed by atoms with E-state index in [4.69, 9.17) is 5.73 Å². The fraction of sp³-hybridized carbons (Fsp3) is 0.938. The number of hydrogen-bond acceptors (Lipinski definition) is 2. The third-order valence-corrected chi connectivity index (χ3v) is 6.04. The molecule has 4 saturated carbocycles. The van der Waals surface area contributed by atoms with Gasteiger partial charge in [0.15, 0.2) is 0 Å². The predicted molar refractivity (Wildman–Crippen MR) is 76.5 cm³/mol. The van der Waals surface area contributed by atoms with E-state index in [2.05, 4.69) is 5.32 Å². The monoisotopic (exact) mass is 264 g/mol. The summed E-state index contributed by atoms with van der Waals surface area (Å²) < 4.78 is 0. The lowest BCUT2D eigenvalue weighted by Crippen LogP contribution is -2.56. The topological polar surface area (TPSA) is 55.1 Å². The van der Waals surface area contributed by atoms with Gasteiger partial charge >= 0.3 is 0 Å². The lowest BCUT2D eigenvalue weighted by molar-refractivity contribution is -0.128. The Morgan fingerprint density at radius 3 is 2.11 bits per heavy atom. The first kappa shape index (κ1) is 13.4. The summed E-state index contributed by atoms with van der Waals surface area (Å²) in [6, 6.07) is 0. The highest BCUT2D eigenvalue weighted by Crippen LogP contribution is 2.59. The van der Waals surface area contributed by atoms with Crippen molar-refractivity contribution >= 4 is 5.91 Å². The highest BCUT2D eigenvalue weighted by atomic mass is 16.2. The Hall–Kier alpha value is -0.570. The van der Waals surface area contributed by atoms with Crippen molar-refractivity contribution in [2.75, 3.05) is 6.54 Å². The Balaban J connectivity index is 1.62.